The van der Waals surface area contributed by atoms with E-state index in [0.29, 0.717) is 63.9 Å². The Balaban J connectivity index is 1.82. The van der Waals surface area contributed by atoms with Gasteiger partial charge in [0.1, 0.15) is 5.82 Å². The van der Waals surface area contributed by atoms with E-state index in [9.17, 15) is 9.50 Å². The number of halogens is 1. The monoisotopic (exact) mass is 410 g/mol. The Bertz CT molecular complexity index is 622. The van der Waals surface area contributed by atoms with E-state index >= 15 is 0 Å². The van der Waals surface area contributed by atoms with E-state index in [-0.39, 0.29) is 11.9 Å². The number of aliphatic hydroxyl groups is 1. The molecule has 1 aliphatic rings. The summed E-state index contributed by atoms with van der Waals surface area (Å²) < 4.78 is 25.0. The molecule has 1 aromatic carbocycles. The summed E-state index contributed by atoms with van der Waals surface area (Å²) in [7, 11) is 1.66. The van der Waals surface area contributed by atoms with E-state index in [0.717, 1.165) is 25.1 Å². The molecule has 0 unspecified atom stereocenters. The van der Waals surface area contributed by atoms with Gasteiger partial charge in [0.2, 0.25) is 0 Å². The summed E-state index contributed by atoms with van der Waals surface area (Å²) in [5, 5.41) is 16.1. The second kappa shape index (κ2) is 13.3. The first kappa shape index (κ1) is 23.4. The van der Waals surface area contributed by atoms with Crippen molar-refractivity contribution in [2.24, 2.45) is 4.99 Å². The fourth-order valence-corrected chi connectivity index (χ4v) is 3.15. The van der Waals surface area contributed by atoms with E-state index in [1.807, 2.05) is 24.0 Å². The van der Waals surface area contributed by atoms with Gasteiger partial charge in [-0.3, -0.25) is 0 Å². The fraction of sp³-hybridized carbons (Fsp3) is 0.667. The van der Waals surface area contributed by atoms with Crippen LogP contribution in [0.5, 0.6) is 0 Å². The van der Waals surface area contributed by atoms with Crippen LogP contribution < -0.4 is 15.5 Å². The molecule has 1 aromatic rings. The van der Waals surface area contributed by atoms with Crippen molar-refractivity contribution in [1.29, 1.82) is 0 Å². The molecule has 0 atom stereocenters. The Hall–Kier alpha value is -1.90. The van der Waals surface area contributed by atoms with Crippen molar-refractivity contribution >= 4 is 11.6 Å². The number of hydrogen-bond donors (Lipinski definition) is 3. The van der Waals surface area contributed by atoms with Gasteiger partial charge in [0.05, 0.1) is 31.5 Å². The van der Waals surface area contributed by atoms with Crippen molar-refractivity contribution < 1.29 is 19.0 Å². The summed E-state index contributed by atoms with van der Waals surface area (Å²) in [6.45, 7) is 7.13. The predicted octanol–water partition coefficient (Wildman–Crippen LogP) is 1.90. The van der Waals surface area contributed by atoms with Crippen LogP contribution in [0.4, 0.5) is 10.1 Å². The highest BCUT2D eigenvalue weighted by Gasteiger charge is 2.19. The second-order valence-corrected chi connectivity index (χ2v) is 7.08. The lowest BCUT2D eigenvalue weighted by Gasteiger charge is -2.31. The van der Waals surface area contributed by atoms with Crippen LogP contribution in [0, 0.1) is 5.82 Å². The molecule has 1 heterocycles. The maximum atomic E-state index is 14.6. The molecule has 1 aliphatic heterocycles. The molecule has 0 radical (unpaired) electrons. The van der Waals surface area contributed by atoms with E-state index in [1.54, 1.807) is 13.2 Å². The summed E-state index contributed by atoms with van der Waals surface area (Å²) in [6.07, 6.45) is 1.96. The Kier molecular flexibility index (Phi) is 10.8. The number of aliphatic imine (C=N–C) groups is 1. The van der Waals surface area contributed by atoms with Crippen LogP contribution in [-0.2, 0) is 16.0 Å². The molecule has 3 N–H and O–H groups in total. The van der Waals surface area contributed by atoms with Crippen LogP contribution in [-0.4, -0.2) is 70.3 Å². The maximum Gasteiger partial charge on any atom is 0.191 e. The number of guanidine groups is 1. The standard InChI is InChI=1S/C21H35FN4O3/c1-3-23-21(24-9-4-12-29-14-13-28-2)25-16-17-5-6-20(19(22)15-17)26-10-7-18(27)8-11-26/h5-6,15,18,27H,3-4,7-14,16H2,1-2H3,(H2,23,24,25). The summed E-state index contributed by atoms with van der Waals surface area (Å²) in [4.78, 5) is 6.54. The second-order valence-electron chi connectivity index (χ2n) is 7.08. The van der Waals surface area contributed by atoms with Gasteiger partial charge in [0, 0.05) is 39.9 Å². The molecule has 7 nitrogen and oxygen atoms in total. The van der Waals surface area contributed by atoms with Gasteiger partial charge in [0.25, 0.3) is 0 Å². The lowest BCUT2D eigenvalue weighted by Crippen LogP contribution is -2.38. The largest absolute Gasteiger partial charge is 0.393 e. The molecule has 8 heteroatoms. The number of benzene rings is 1. The van der Waals surface area contributed by atoms with Crippen LogP contribution in [0.3, 0.4) is 0 Å². The van der Waals surface area contributed by atoms with Gasteiger partial charge < -0.3 is 30.1 Å². The minimum Gasteiger partial charge on any atom is -0.393 e. The molecule has 1 fully saturated rings. The zero-order valence-corrected chi connectivity index (χ0v) is 17.6. The topological polar surface area (TPSA) is 78.4 Å². The highest BCUT2D eigenvalue weighted by atomic mass is 19.1. The number of nitrogens with one attached hydrogen (secondary N) is 2. The summed E-state index contributed by atoms with van der Waals surface area (Å²) in [6, 6.07) is 5.28. The first-order chi connectivity index (χ1) is 14.1. The Morgan fingerprint density at radius 3 is 2.72 bits per heavy atom. The average Bonchev–Trinajstić information content (AvgIpc) is 2.72. The smallest absolute Gasteiger partial charge is 0.191 e. The van der Waals surface area contributed by atoms with Crippen LogP contribution in [0.2, 0.25) is 0 Å². The third kappa shape index (κ3) is 8.55. The molecule has 0 amide bonds. The molecule has 0 aliphatic carbocycles. The molecule has 0 spiro atoms. The number of rotatable bonds is 11. The number of aliphatic hydroxyl groups excluding tert-OH is 1. The van der Waals surface area contributed by atoms with E-state index in [1.165, 1.54) is 0 Å². The molecule has 0 bridgehead atoms. The van der Waals surface area contributed by atoms with Crippen molar-refractivity contribution in [3.8, 4) is 0 Å². The van der Waals surface area contributed by atoms with Crippen molar-refractivity contribution in [3.63, 3.8) is 0 Å². The van der Waals surface area contributed by atoms with Gasteiger partial charge in [-0.15, -0.1) is 0 Å². The van der Waals surface area contributed by atoms with Gasteiger partial charge in [-0.05, 0) is 43.9 Å². The molecule has 0 saturated carbocycles. The number of methoxy groups -OCH3 is 1. The number of anilines is 1. The van der Waals surface area contributed by atoms with Crippen LogP contribution >= 0.6 is 0 Å². The summed E-state index contributed by atoms with van der Waals surface area (Å²) in [5.74, 6) is 0.471. The number of nitrogens with zero attached hydrogens (tertiary/aromatic N) is 2. The molecule has 164 valence electrons. The molecule has 0 aromatic heterocycles. The van der Waals surface area contributed by atoms with Crippen LogP contribution in [0.15, 0.2) is 23.2 Å². The van der Waals surface area contributed by atoms with Crippen molar-refractivity contribution in [2.45, 2.75) is 38.8 Å². The Labute approximate surface area is 173 Å². The third-order valence-electron chi connectivity index (χ3n) is 4.77. The molecule has 1 saturated heterocycles. The van der Waals surface area contributed by atoms with E-state index in [2.05, 4.69) is 15.6 Å². The molecular weight excluding hydrogens is 375 g/mol. The molecular formula is C21H35FN4O3. The van der Waals surface area contributed by atoms with E-state index < -0.39 is 0 Å². The van der Waals surface area contributed by atoms with Crippen molar-refractivity contribution in [1.82, 2.24) is 10.6 Å². The highest BCUT2D eigenvalue weighted by molar-refractivity contribution is 5.79. The van der Waals surface area contributed by atoms with Crippen molar-refractivity contribution in [3.05, 3.63) is 29.6 Å². The normalized spacial score (nSPS) is 15.6. The van der Waals surface area contributed by atoms with Crippen LogP contribution in [0.25, 0.3) is 0 Å². The third-order valence-corrected chi connectivity index (χ3v) is 4.77. The Morgan fingerprint density at radius 2 is 2.03 bits per heavy atom. The van der Waals surface area contributed by atoms with Crippen LogP contribution in [0.1, 0.15) is 31.7 Å². The summed E-state index contributed by atoms with van der Waals surface area (Å²) >= 11 is 0. The predicted molar refractivity (Wildman–Crippen MR) is 114 cm³/mol. The van der Waals surface area contributed by atoms with Gasteiger partial charge in [-0.25, -0.2) is 9.38 Å². The lowest BCUT2D eigenvalue weighted by atomic mass is 10.1. The van der Waals surface area contributed by atoms with Gasteiger partial charge >= 0.3 is 0 Å². The molecule has 2 rings (SSSR count). The minimum atomic E-state index is -0.267. The summed E-state index contributed by atoms with van der Waals surface area (Å²) in [5.41, 5.74) is 1.42. The van der Waals surface area contributed by atoms with E-state index in [4.69, 9.17) is 9.47 Å². The fourth-order valence-electron chi connectivity index (χ4n) is 3.15. The molecule has 29 heavy (non-hydrogen) atoms. The quantitative estimate of drug-likeness (QED) is 0.294. The van der Waals surface area contributed by atoms with Gasteiger partial charge in [-0.1, -0.05) is 6.07 Å². The van der Waals surface area contributed by atoms with Gasteiger partial charge in [-0.2, -0.15) is 0 Å². The first-order valence-corrected chi connectivity index (χ1v) is 10.4. The maximum absolute atomic E-state index is 14.6. The minimum absolute atomic E-state index is 0.236. The number of hydrogen-bond acceptors (Lipinski definition) is 5. The first-order valence-electron chi connectivity index (χ1n) is 10.4. The zero-order valence-electron chi connectivity index (χ0n) is 17.6. The zero-order chi connectivity index (χ0) is 20.9. The lowest BCUT2D eigenvalue weighted by molar-refractivity contribution is 0.0698. The number of ether oxygens (including phenoxy) is 2. The Morgan fingerprint density at radius 1 is 1.24 bits per heavy atom. The van der Waals surface area contributed by atoms with Crippen molar-refractivity contribution in [2.75, 3.05) is 58.0 Å². The van der Waals surface area contributed by atoms with Gasteiger partial charge in [0.15, 0.2) is 5.96 Å². The number of piperidine rings is 1. The average molecular weight is 411 g/mol. The highest BCUT2D eigenvalue weighted by Crippen LogP contribution is 2.24. The SMILES string of the molecule is CCNC(=NCc1ccc(N2CCC(O)CC2)c(F)c1)NCCCOCCOC.